The molecule has 98 valence electrons. The van der Waals surface area contributed by atoms with Crippen molar-refractivity contribution in [3.8, 4) is 0 Å². The quantitative estimate of drug-likeness (QED) is 0.462. The summed E-state index contributed by atoms with van der Waals surface area (Å²) in [5, 5.41) is 0. The second-order valence-corrected chi connectivity index (χ2v) is 6.73. The second kappa shape index (κ2) is 8.27. The normalized spacial score (nSPS) is 19.1. The Bertz CT molecular complexity index is 218. The van der Waals surface area contributed by atoms with Crippen molar-refractivity contribution in [2.75, 3.05) is 0 Å². The highest BCUT2D eigenvalue weighted by Crippen LogP contribution is 2.45. The lowest BCUT2D eigenvalue weighted by Crippen LogP contribution is -2.20. The highest BCUT2D eigenvalue weighted by molar-refractivity contribution is 7.52. The molecule has 0 aromatic rings. The molecule has 3 atom stereocenters. The minimum atomic E-state index is -3.65. The first-order valence-corrected chi connectivity index (χ1v) is 8.04. The van der Waals surface area contributed by atoms with E-state index >= 15 is 0 Å². The Morgan fingerprint density at radius 2 is 1.81 bits per heavy atom. The van der Waals surface area contributed by atoms with E-state index in [1.165, 1.54) is 12.8 Å². The van der Waals surface area contributed by atoms with E-state index in [2.05, 4.69) is 6.92 Å². The molecule has 0 amide bonds. The molecule has 0 aromatic carbocycles. The van der Waals surface area contributed by atoms with Crippen molar-refractivity contribution in [3.63, 3.8) is 0 Å². The van der Waals surface area contributed by atoms with Crippen LogP contribution in [-0.4, -0.2) is 11.8 Å². The molecule has 0 fully saturated rings. The van der Waals surface area contributed by atoms with E-state index in [0.29, 0.717) is 6.42 Å². The van der Waals surface area contributed by atoms with Gasteiger partial charge in [0, 0.05) is 5.66 Å². The zero-order chi connectivity index (χ0) is 12.6. The van der Waals surface area contributed by atoms with Gasteiger partial charge in [0.15, 0.2) is 0 Å². The summed E-state index contributed by atoms with van der Waals surface area (Å²) in [5.74, 6) is 0. The van der Waals surface area contributed by atoms with Gasteiger partial charge in [0.2, 0.25) is 0 Å². The van der Waals surface area contributed by atoms with Crippen LogP contribution >= 0.6 is 7.60 Å². The molecule has 0 rings (SSSR count). The molecule has 3 unspecified atom stereocenters. The lowest BCUT2D eigenvalue weighted by molar-refractivity contribution is -0.204. The van der Waals surface area contributed by atoms with E-state index in [0.717, 1.165) is 19.3 Å². The maximum atomic E-state index is 11.7. The summed E-state index contributed by atoms with van der Waals surface area (Å²) in [6.07, 6.45) is 5.90. The maximum absolute atomic E-state index is 11.7. The highest BCUT2D eigenvalue weighted by Gasteiger charge is 2.19. The Hall–Kier alpha value is 0.150. The highest BCUT2D eigenvalue weighted by atomic mass is 31.2. The molecule has 0 aliphatic rings. The lowest BCUT2D eigenvalue weighted by atomic mass is 10.1. The van der Waals surface area contributed by atoms with Crippen molar-refractivity contribution in [1.82, 2.24) is 0 Å². The summed E-state index contributed by atoms with van der Waals surface area (Å²) < 4.78 is 16.8. The van der Waals surface area contributed by atoms with Crippen LogP contribution < -0.4 is 4.89 Å². The first kappa shape index (κ1) is 16.1. The molecule has 0 N–H and O–H groups in total. The van der Waals surface area contributed by atoms with Gasteiger partial charge in [-0.15, -0.1) is 0 Å². The zero-order valence-electron chi connectivity index (χ0n) is 11.1. The van der Waals surface area contributed by atoms with Crippen LogP contribution in [0.25, 0.3) is 0 Å². The maximum Gasteiger partial charge on any atom is 0.138 e. The summed E-state index contributed by atoms with van der Waals surface area (Å²) in [7, 11) is -3.65. The van der Waals surface area contributed by atoms with Crippen LogP contribution in [0.3, 0.4) is 0 Å². The molecule has 0 aromatic heterocycles. The van der Waals surface area contributed by atoms with Crippen molar-refractivity contribution >= 4 is 7.60 Å². The SMILES string of the molecule is CCCCCCC(C)OP(=O)([O-])C(C)CC. The van der Waals surface area contributed by atoms with Crippen LogP contribution in [0.15, 0.2) is 0 Å². The molecule has 0 spiro atoms. The number of hydrogen-bond donors (Lipinski definition) is 0. The molecule has 4 heteroatoms. The lowest BCUT2D eigenvalue weighted by Gasteiger charge is -2.31. The van der Waals surface area contributed by atoms with Crippen LogP contribution in [0.4, 0.5) is 0 Å². The molecule has 3 nitrogen and oxygen atoms in total. The molecular weight excluding hydrogens is 223 g/mol. The monoisotopic (exact) mass is 249 g/mol. The van der Waals surface area contributed by atoms with Crippen LogP contribution in [0.2, 0.25) is 0 Å². The van der Waals surface area contributed by atoms with Crippen molar-refractivity contribution < 1.29 is 14.0 Å². The molecule has 0 heterocycles. The molecule has 0 aliphatic heterocycles. The van der Waals surface area contributed by atoms with Gasteiger partial charge in [0.05, 0.1) is 6.10 Å². The molecule has 16 heavy (non-hydrogen) atoms. The molecule has 0 radical (unpaired) electrons. The van der Waals surface area contributed by atoms with E-state index in [-0.39, 0.29) is 11.8 Å². The standard InChI is InChI=1S/C12H27O3P/c1-5-7-8-9-10-11(3)15-16(13,14)12(4)6-2/h11-12H,5-10H2,1-4H3,(H,13,14)/p-1. The number of hydrogen-bond acceptors (Lipinski definition) is 3. The summed E-state index contributed by atoms with van der Waals surface area (Å²) in [6, 6.07) is 0. The van der Waals surface area contributed by atoms with Gasteiger partial charge in [-0.1, -0.05) is 46.5 Å². The first-order valence-electron chi connectivity index (χ1n) is 6.43. The van der Waals surface area contributed by atoms with Crippen LogP contribution in [0.1, 0.15) is 66.2 Å². The van der Waals surface area contributed by atoms with Crippen LogP contribution in [-0.2, 0) is 9.09 Å². The Balaban J connectivity index is 3.85. The Labute approximate surface area is 100 Å². The van der Waals surface area contributed by atoms with E-state index < -0.39 is 7.60 Å². The molecule has 0 bridgehead atoms. The Kier molecular flexibility index (Phi) is 8.35. The van der Waals surface area contributed by atoms with Gasteiger partial charge in [-0.05, 0) is 19.8 Å². The van der Waals surface area contributed by atoms with Crippen LogP contribution in [0, 0.1) is 0 Å². The van der Waals surface area contributed by atoms with Crippen LogP contribution in [0.5, 0.6) is 0 Å². The van der Waals surface area contributed by atoms with Gasteiger partial charge in [-0.25, -0.2) is 0 Å². The predicted octanol–water partition coefficient (Wildman–Crippen LogP) is 3.71. The summed E-state index contributed by atoms with van der Waals surface area (Å²) >= 11 is 0. The van der Waals surface area contributed by atoms with Crippen molar-refractivity contribution in [2.24, 2.45) is 0 Å². The molecular formula is C12H26O3P-. The fourth-order valence-corrected chi connectivity index (χ4v) is 2.75. The number of rotatable bonds is 9. The zero-order valence-corrected chi connectivity index (χ0v) is 12.0. The second-order valence-electron chi connectivity index (χ2n) is 4.56. The third kappa shape index (κ3) is 6.67. The average molecular weight is 249 g/mol. The fourth-order valence-electron chi connectivity index (χ4n) is 1.49. The topological polar surface area (TPSA) is 49.4 Å². The first-order chi connectivity index (χ1) is 7.44. The van der Waals surface area contributed by atoms with E-state index in [1.807, 2.05) is 13.8 Å². The van der Waals surface area contributed by atoms with Gasteiger partial charge in [-0.2, -0.15) is 0 Å². The Morgan fingerprint density at radius 3 is 2.31 bits per heavy atom. The molecule has 0 aliphatic carbocycles. The van der Waals surface area contributed by atoms with Crippen molar-refractivity contribution in [3.05, 3.63) is 0 Å². The average Bonchev–Trinajstić information content (AvgIpc) is 2.22. The van der Waals surface area contributed by atoms with E-state index in [1.54, 1.807) is 6.92 Å². The smallest absolute Gasteiger partial charge is 0.138 e. The van der Waals surface area contributed by atoms with Gasteiger partial charge in [0.1, 0.15) is 7.60 Å². The third-order valence-corrected chi connectivity index (χ3v) is 5.02. The third-order valence-electron chi connectivity index (χ3n) is 2.92. The van der Waals surface area contributed by atoms with Crippen molar-refractivity contribution in [2.45, 2.75) is 78.0 Å². The minimum Gasteiger partial charge on any atom is -0.778 e. The van der Waals surface area contributed by atoms with Gasteiger partial charge in [0.25, 0.3) is 0 Å². The Morgan fingerprint density at radius 1 is 1.19 bits per heavy atom. The summed E-state index contributed by atoms with van der Waals surface area (Å²) in [6.45, 7) is 7.58. The largest absolute Gasteiger partial charge is 0.778 e. The molecule has 0 saturated carbocycles. The predicted molar refractivity (Wildman–Crippen MR) is 66.7 cm³/mol. The molecule has 0 saturated heterocycles. The number of unbranched alkanes of at least 4 members (excludes halogenated alkanes) is 3. The van der Waals surface area contributed by atoms with Gasteiger partial charge in [-0.3, -0.25) is 0 Å². The fraction of sp³-hybridized carbons (Fsp3) is 1.00. The van der Waals surface area contributed by atoms with E-state index in [4.69, 9.17) is 4.52 Å². The summed E-state index contributed by atoms with van der Waals surface area (Å²) in [4.78, 5) is 11.7. The van der Waals surface area contributed by atoms with Crippen molar-refractivity contribution in [1.29, 1.82) is 0 Å². The minimum absolute atomic E-state index is 0.172. The van der Waals surface area contributed by atoms with E-state index in [9.17, 15) is 9.46 Å². The van der Waals surface area contributed by atoms with Gasteiger partial charge >= 0.3 is 0 Å². The van der Waals surface area contributed by atoms with Gasteiger partial charge < -0.3 is 14.0 Å². The summed E-state index contributed by atoms with van der Waals surface area (Å²) in [5.41, 5.74) is -0.370.